The molecule has 1 unspecified atom stereocenters. The number of ether oxygens (including phenoxy) is 3. The van der Waals surface area contributed by atoms with Gasteiger partial charge >= 0.3 is 5.97 Å². The van der Waals surface area contributed by atoms with Gasteiger partial charge in [-0.15, -0.1) is 0 Å². The van der Waals surface area contributed by atoms with Gasteiger partial charge in [0.2, 0.25) is 0 Å². The predicted octanol–water partition coefficient (Wildman–Crippen LogP) is 0.131. The first-order chi connectivity index (χ1) is 5.70. The highest BCUT2D eigenvalue weighted by Crippen LogP contribution is 1.90. The minimum atomic E-state index is -0.609. The van der Waals surface area contributed by atoms with Crippen molar-refractivity contribution in [1.29, 1.82) is 0 Å². The number of carbonyl (C=O) groups excluding carboxylic acids is 1. The molecule has 0 aliphatic heterocycles. The highest BCUT2D eigenvalue weighted by molar-refractivity contribution is 5.70. The van der Waals surface area contributed by atoms with Gasteiger partial charge in [0, 0.05) is 0 Å². The second kappa shape index (κ2) is 7.02. The maximum atomic E-state index is 10.7. The van der Waals surface area contributed by atoms with Gasteiger partial charge in [0.25, 0.3) is 0 Å². The van der Waals surface area contributed by atoms with Crippen LogP contribution in [0, 0.1) is 7.11 Å². The Kier molecular flexibility index (Phi) is 6.64. The normalized spacial score (nSPS) is 12.6. The van der Waals surface area contributed by atoms with Gasteiger partial charge in [0.15, 0.2) is 0 Å². The van der Waals surface area contributed by atoms with Gasteiger partial charge in [-0.05, 0) is 6.92 Å². The van der Waals surface area contributed by atoms with Crippen LogP contribution in [-0.4, -0.2) is 32.1 Å². The van der Waals surface area contributed by atoms with Crippen LogP contribution in [0.3, 0.4) is 0 Å². The third-order valence-electron chi connectivity index (χ3n) is 0.954. The molecule has 0 spiro atoms. The number of esters is 1. The van der Waals surface area contributed by atoms with Gasteiger partial charge in [0.05, 0.1) is 7.11 Å². The quantitative estimate of drug-likeness (QED) is 0.328. The molecular weight excluding hydrogens is 164 g/mol. The van der Waals surface area contributed by atoms with E-state index in [2.05, 4.69) is 21.3 Å². The molecule has 0 aliphatic rings. The van der Waals surface area contributed by atoms with Crippen LogP contribution in [0.2, 0.25) is 0 Å². The summed E-state index contributed by atoms with van der Waals surface area (Å²) >= 11 is 0. The maximum absolute atomic E-state index is 10.7. The average Bonchev–Trinajstić information content (AvgIpc) is 2.05. The zero-order valence-electron chi connectivity index (χ0n) is 6.95. The SMILES string of the molecule is [CH2]OCOCC(=O)OC(C)C[O]. The first-order valence-corrected chi connectivity index (χ1v) is 3.43. The van der Waals surface area contributed by atoms with Crippen molar-refractivity contribution in [3.05, 3.63) is 7.11 Å². The third kappa shape index (κ3) is 6.09. The van der Waals surface area contributed by atoms with Crippen molar-refractivity contribution in [1.82, 2.24) is 0 Å². The molecule has 12 heavy (non-hydrogen) atoms. The van der Waals surface area contributed by atoms with Crippen molar-refractivity contribution in [2.45, 2.75) is 13.0 Å². The van der Waals surface area contributed by atoms with Crippen molar-refractivity contribution in [3.8, 4) is 0 Å². The first kappa shape index (κ1) is 11.4. The molecule has 0 saturated heterocycles. The molecule has 0 fully saturated rings. The standard InChI is InChI=1S/C7H12O5/c1-6(3-8)12-7(9)4-11-5-10-2/h6H,2-5H2,1H3. The highest BCUT2D eigenvalue weighted by atomic mass is 16.7. The van der Waals surface area contributed by atoms with E-state index in [1.165, 1.54) is 6.92 Å². The van der Waals surface area contributed by atoms with Crippen LogP contribution in [0.25, 0.3) is 0 Å². The maximum Gasteiger partial charge on any atom is 0.332 e. The predicted molar refractivity (Wildman–Crippen MR) is 38.4 cm³/mol. The molecule has 1 atom stereocenters. The summed E-state index contributed by atoms with van der Waals surface area (Å²) in [6.45, 7) is 0.779. The Labute approximate surface area is 71.2 Å². The monoisotopic (exact) mass is 176 g/mol. The fourth-order valence-electron chi connectivity index (χ4n) is 0.476. The van der Waals surface area contributed by atoms with Gasteiger partial charge < -0.3 is 14.2 Å². The van der Waals surface area contributed by atoms with Crippen molar-refractivity contribution in [2.75, 3.05) is 20.0 Å². The molecule has 0 amide bonds. The van der Waals surface area contributed by atoms with E-state index in [0.29, 0.717) is 0 Å². The van der Waals surface area contributed by atoms with E-state index in [4.69, 9.17) is 0 Å². The van der Waals surface area contributed by atoms with Crippen LogP contribution in [0.1, 0.15) is 6.92 Å². The summed E-state index contributed by atoms with van der Waals surface area (Å²) in [6, 6.07) is 0. The van der Waals surface area contributed by atoms with E-state index >= 15 is 0 Å². The summed E-state index contributed by atoms with van der Waals surface area (Å²) in [4.78, 5) is 10.7. The van der Waals surface area contributed by atoms with Crippen LogP contribution in [0.4, 0.5) is 0 Å². The second-order valence-corrected chi connectivity index (χ2v) is 2.14. The van der Waals surface area contributed by atoms with E-state index in [-0.39, 0.29) is 13.4 Å². The smallest absolute Gasteiger partial charge is 0.332 e. The van der Waals surface area contributed by atoms with E-state index in [1.807, 2.05) is 0 Å². The van der Waals surface area contributed by atoms with Crippen LogP contribution in [0.5, 0.6) is 0 Å². The molecule has 0 bridgehead atoms. The van der Waals surface area contributed by atoms with Crippen molar-refractivity contribution in [2.24, 2.45) is 0 Å². The molecule has 0 N–H and O–H groups in total. The summed E-state index contributed by atoms with van der Waals surface area (Å²) in [5.41, 5.74) is 0. The van der Waals surface area contributed by atoms with Gasteiger partial charge in [-0.25, -0.2) is 9.90 Å². The molecule has 0 rings (SSSR count). The molecule has 2 radical (unpaired) electrons. The first-order valence-electron chi connectivity index (χ1n) is 3.43. The van der Waals surface area contributed by atoms with Gasteiger partial charge in [-0.1, -0.05) is 0 Å². The third-order valence-corrected chi connectivity index (χ3v) is 0.954. The summed E-state index contributed by atoms with van der Waals surface area (Å²) in [6.07, 6.45) is -0.609. The number of hydrogen-bond acceptors (Lipinski definition) is 4. The lowest BCUT2D eigenvalue weighted by molar-refractivity contribution is -0.159. The van der Waals surface area contributed by atoms with Crippen LogP contribution < -0.4 is 0 Å². The van der Waals surface area contributed by atoms with Crippen molar-refractivity contribution < 1.29 is 24.1 Å². The lowest BCUT2D eigenvalue weighted by Crippen LogP contribution is -2.21. The fraction of sp³-hybridized carbons (Fsp3) is 0.714. The van der Waals surface area contributed by atoms with Crippen LogP contribution >= 0.6 is 0 Å². The molecule has 0 aliphatic carbocycles. The van der Waals surface area contributed by atoms with Crippen molar-refractivity contribution in [3.63, 3.8) is 0 Å². The molecule has 0 heterocycles. The zero-order valence-corrected chi connectivity index (χ0v) is 6.95. The Bertz CT molecular complexity index is 125. The summed E-state index contributed by atoms with van der Waals surface area (Å²) < 4.78 is 13.5. The molecule has 0 aromatic heterocycles. The molecular formula is C7H12O5. The second-order valence-electron chi connectivity index (χ2n) is 2.14. The fourth-order valence-corrected chi connectivity index (χ4v) is 0.476. The van der Waals surface area contributed by atoms with Crippen molar-refractivity contribution >= 4 is 5.97 Å². The molecule has 0 aromatic rings. The van der Waals surface area contributed by atoms with Crippen LogP contribution in [-0.2, 0) is 24.1 Å². The Balaban J connectivity index is 3.33. The minimum Gasteiger partial charge on any atom is -0.458 e. The Morgan fingerprint density at radius 3 is 2.75 bits per heavy atom. The Hall–Kier alpha value is -0.650. The van der Waals surface area contributed by atoms with E-state index < -0.39 is 18.7 Å². The largest absolute Gasteiger partial charge is 0.458 e. The molecule has 5 heteroatoms. The van der Waals surface area contributed by atoms with E-state index in [1.54, 1.807) is 0 Å². The van der Waals surface area contributed by atoms with Crippen LogP contribution in [0.15, 0.2) is 0 Å². The zero-order chi connectivity index (χ0) is 9.40. The summed E-state index contributed by atoms with van der Waals surface area (Å²) in [5, 5.41) is 10.1. The number of rotatable bonds is 6. The number of hydrogen-bond donors (Lipinski definition) is 0. The van der Waals surface area contributed by atoms with E-state index in [0.717, 1.165) is 0 Å². The molecule has 0 saturated carbocycles. The van der Waals surface area contributed by atoms with E-state index in [9.17, 15) is 9.90 Å². The van der Waals surface area contributed by atoms with Gasteiger partial charge in [0.1, 0.15) is 26.1 Å². The lowest BCUT2D eigenvalue weighted by Gasteiger charge is -2.08. The summed E-state index contributed by atoms with van der Waals surface area (Å²) in [5.74, 6) is -0.574. The Morgan fingerprint density at radius 2 is 2.25 bits per heavy atom. The highest BCUT2D eigenvalue weighted by Gasteiger charge is 2.08. The molecule has 70 valence electrons. The summed E-state index contributed by atoms with van der Waals surface area (Å²) in [7, 11) is 3.03. The minimum absolute atomic E-state index is 0.0686. The Morgan fingerprint density at radius 1 is 1.58 bits per heavy atom. The number of carbonyl (C=O) groups is 1. The average molecular weight is 176 g/mol. The lowest BCUT2D eigenvalue weighted by atomic mass is 10.4. The van der Waals surface area contributed by atoms with Gasteiger partial charge in [-0.2, -0.15) is 0 Å². The molecule has 5 nitrogen and oxygen atoms in total. The van der Waals surface area contributed by atoms with Gasteiger partial charge in [-0.3, -0.25) is 0 Å². The molecule has 0 aromatic carbocycles. The topological polar surface area (TPSA) is 64.7 Å².